The summed E-state index contributed by atoms with van der Waals surface area (Å²) in [5, 5.41) is 0.502. The van der Waals surface area contributed by atoms with Gasteiger partial charge in [-0.3, -0.25) is 4.98 Å². The standard InChI is InChI=1S/C13H11BrClFN2/c14-9-1-4-13(18-7-9)12(17)6-8-5-10(15)2-3-11(8)16/h1-5,7,12H,6,17H2. The van der Waals surface area contributed by atoms with E-state index in [9.17, 15) is 4.39 Å². The van der Waals surface area contributed by atoms with E-state index >= 15 is 0 Å². The molecule has 0 aliphatic rings. The van der Waals surface area contributed by atoms with Crippen LogP contribution in [0.1, 0.15) is 17.3 Å². The molecular formula is C13H11BrClFN2. The molecule has 0 aliphatic heterocycles. The molecule has 0 amide bonds. The second kappa shape index (κ2) is 5.78. The Morgan fingerprint density at radius 1 is 1.33 bits per heavy atom. The third-order valence-corrected chi connectivity index (χ3v) is 3.28. The molecule has 0 fully saturated rings. The Hall–Kier alpha value is -0.970. The SMILES string of the molecule is NC(Cc1cc(Cl)ccc1F)c1ccc(Br)cn1. The zero-order valence-corrected chi connectivity index (χ0v) is 11.7. The van der Waals surface area contributed by atoms with Crippen molar-refractivity contribution in [2.75, 3.05) is 0 Å². The second-order valence-corrected chi connectivity index (χ2v) is 5.30. The first-order chi connectivity index (χ1) is 8.56. The van der Waals surface area contributed by atoms with E-state index < -0.39 is 0 Å². The van der Waals surface area contributed by atoms with E-state index in [-0.39, 0.29) is 11.9 Å². The lowest BCUT2D eigenvalue weighted by Gasteiger charge is -2.12. The van der Waals surface area contributed by atoms with Gasteiger partial charge in [-0.15, -0.1) is 0 Å². The van der Waals surface area contributed by atoms with E-state index in [4.69, 9.17) is 17.3 Å². The number of aromatic nitrogens is 1. The van der Waals surface area contributed by atoms with Gasteiger partial charge < -0.3 is 5.73 Å². The average molecular weight is 330 g/mol. The van der Waals surface area contributed by atoms with Crippen LogP contribution in [0.25, 0.3) is 0 Å². The van der Waals surface area contributed by atoms with Crippen molar-refractivity contribution in [3.8, 4) is 0 Å². The largest absolute Gasteiger partial charge is 0.322 e. The molecule has 0 saturated heterocycles. The maximum absolute atomic E-state index is 13.6. The van der Waals surface area contributed by atoms with Crippen LogP contribution in [0.3, 0.4) is 0 Å². The summed E-state index contributed by atoms with van der Waals surface area (Å²) in [6.07, 6.45) is 2.03. The normalized spacial score (nSPS) is 12.4. The quantitative estimate of drug-likeness (QED) is 0.928. The number of halogens is 3. The first-order valence-electron chi connectivity index (χ1n) is 5.37. The minimum absolute atomic E-state index is 0.299. The zero-order chi connectivity index (χ0) is 13.1. The number of hydrogen-bond acceptors (Lipinski definition) is 2. The Kier molecular flexibility index (Phi) is 4.32. The topological polar surface area (TPSA) is 38.9 Å². The van der Waals surface area contributed by atoms with Crippen LogP contribution in [0.2, 0.25) is 5.02 Å². The Balaban J connectivity index is 2.18. The van der Waals surface area contributed by atoms with Crippen molar-refractivity contribution in [2.24, 2.45) is 5.73 Å². The molecule has 2 aromatic rings. The van der Waals surface area contributed by atoms with Crippen LogP contribution >= 0.6 is 27.5 Å². The Labute approximate surface area is 118 Å². The van der Waals surface area contributed by atoms with Crippen molar-refractivity contribution in [3.63, 3.8) is 0 Å². The predicted molar refractivity (Wildman–Crippen MR) is 74.0 cm³/mol. The van der Waals surface area contributed by atoms with Crippen LogP contribution in [0, 0.1) is 5.82 Å². The van der Waals surface area contributed by atoms with Gasteiger partial charge in [-0.05, 0) is 58.2 Å². The van der Waals surface area contributed by atoms with E-state index in [1.807, 2.05) is 12.1 Å². The van der Waals surface area contributed by atoms with Crippen molar-refractivity contribution >= 4 is 27.5 Å². The fourth-order valence-corrected chi connectivity index (χ4v) is 2.08. The molecule has 0 radical (unpaired) electrons. The van der Waals surface area contributed by atoms with Gasteiger partial charge in [0.1, 0.15) is 5.82 Å². The van der Waals surface area contributed by atoms with Crippen molar-refractivity contribution in [1.82, 2.24) is 4.98 Å². The summed E-state index contributed by atoms with van der Waals surface area (Å²) < 4.78 is 14.4. The Bertz CT molecular complexity index is 545. The van der Waals surface area contributed by atoms with E-state index in [1.54, 1.807) is 12.3 Å². The molecule has 1 unspecified atom stereocenters. The highest BCUT2D eigenvalue weighted by molar-refractivity contribution is 9.10. The number of benzene rings is 1. The van der Waals surface area contributed by atoms with Gasteiger partial charge in [0.2, 0.25) is 0 Å². The lowest BCUT2D eigenvalue weighted by Crippen LogP contribution is -2.15. The molecule has 2 rings (SSSR count). The zero-order valence-electron chi connectivity index (χ0n) is 9.41. The van der Waals surface area contributed by atoms with Gasteiger partial charge in [-0.25, -0.2) is 4.39 Å². The van der Waals surface area contributed by atoms with Crippen LogP contribution in [0.5, 0.6) is 0 Å². The number of hydrogen-bond donors (Lipinski definition) is 1. The lowest BCUT2D eigenvalue weighted by atomic mass is 10.0. The average Bonchev–Trinajstić information content (AvgIpc) is 2.34. The molecule has 1 aromatic carbocycles. The highest BCUT2D eigenvalue weighted by Crippen LogP contribution is 2.21. The van der Waals surface area contributed by atoms with Gasteiger partial charge >= 0.3 is 0 Å². The van der Waals surface area contributed by atoms with Crippen LogP contribution in [0.15, 0.2) is 41.0 Å². The number of nitrogens with two attached hydrogens (primary N) is 1. The molecule has 0 saturated carbocycles. The van der Waals surface area contributed by atoms with Crippen LogP contribution in [-0.2, 0) is 6.42 Å². The van der Waals surface area contributed by atoms with Crippen LogP contribution < -0.4 is 5.73 Å². The summed E-state index contributed by atoms with van der Waals surface area (Å²) in [5.41, 5.74) is 7.23. The number of pyridine rings is 1. The van der Waals surface area contributed by atoms with Crippen molar-refractivity contribution in [2.45, 2.75) is 12.5 Å². The lowest BCUT2D eigenvalue weighted by molar-refractivity contribution is 0.590. The Morgan fingerprint density at radius 3 is 2.78 bits per heavy atom. The van der Waals surface area contributed by atoms with E-state index in [2.05, 4.69) is 20.9 Å². The summed E-state index contributed by atoms with van der Waals surface area (Å²) >= 11 is 9.14. The third kappa shape index (κ3) is 3.28. The van der Waals surface area contributed by atoms with Gasteiger partial charge in [0, 0.05) is 15.7 Å². The molecule has 0 bridgehead atoms. The summed E-state index contributed by atoms with van der Waals surface area (Å²) in [6.45, 7) is 0. The Morgan fingerprint density at radius 2 is 2.11 bits per heavy atom. The first-order valence-corrected chi connectivity index (χ1v) is 6.54. The van der Waals surface area contributed by atoms with Crippen molar-refractivity contribution < 1.29 is 4.39 Å². The molecule has 5 heteroatoms. The number of rotatable bonds is 3. The first kappa shape index (κ1) is 13.5. The summed E-state index contributed by atoms with van der Waals surface area (Å²) in [5.74, 6) is -0.299. The molecule has 18 heavy (non-hydrogen) atoms. The summed E-state index contributed by atoms with van der Waals surface area (Å²) in [7, 11) is 0. The molecule has 2 N–H and O–H groups in total. The van der Waals surface area contributed by atoms with E-state index in [1.165, 1.54) is 12.1 Å². The molecule has 94 valence electrons. The number of nitrogens with zero attached hydrogens (tertiary/aromatic N) is 1. The predicted octanol–water partition coefficient (Wildman–Crippen LogP) is 3.88. The molecule has 2 nitrogen and oxygen atoms in total. The fourth-order valence-electron chi connectivity index (χ4n) is 1.65. The summed E-state index contributed by atoms with van der Waals surface area (Å²) in [4.78, 5) is 4.20. The van der Waals surface area contributed by atoms with Crippen LogP contribution in [0.4, 0.5) is 4.39 Å². The smallest absolute Gasteiger partial charge is 0.126 e. The minimum atomic E-state index is -0.355. The molecule has 1 atom stereocenters. The van der Waals surface area contributed by atoms with Crippen molar-refractivity contribution in [3.05, 3.63) is 63.1 Å². The molecule has 0 aliphatic carbocycles. The second-order valence-electron chi connectivity index (χ2n) is 3.95. The molecular weight excluding hydrogens is 319 g/mol. The van der Waals surface area contributed by atoms with Gasteiger partial charge in [-0.2, -0.15) is 0 Å². The van der Waals surface area contributed by atoms with Crippen molar-refractivity contribution in [1.29, 1.82) is 0 Å². The van der Waals surface area contributed by atoms with Gasteiger partial charge in [0.25, 0.3) is 0 Å². The molecule has 0 spiro atoms. The van der Waals surface area contributed by atoms with Gasteiger partial charge in [0.15, 0.2) is 0 Å². The molecule has 1 heterocycles. The van der Waals surface area contributed by atoms with E-state index in [0.717, 1.165) is 10.2 Å². The van der Waals surface area contributed by atoms with E-state index in [0.29, 0.717) is 17.0 Å². The summed E-state index contributed by atoms with van der Waals surface area (Å²) in [6, 6.07) is 7.78. The maximum Gasteiger partial charge on any atom is 0.126 e. The maximum atomic E-state index is 13.6. The highest BCUT2D eigenvalue weighted by Gasteiger charge is 2.12. The fraction of sp³-hybridized carbons (Fsp3) is 0.154. The van der Waals surface area contributed by atoms with Gasteiger partial charge in [0.05, 0.1) is 11.7 Å². The monoisotopic (exact) mass is 328 g/mol. The van der Waals surface area contributed by atoms with Gasteiger partial charge in [-0.1, -0.05) is 11.6 Å². The molecule has 1 aromatic heterocycles. The third-order valence-electron chi connectivity index (χ3n) is 2.58. The minimum Gasteiger partial charge on any atom is -0.322 e. The van der Waals surface area contributed by atoms with Crippen LogP contribution in [-0.4, -0.2) is 4.98 Å². The highest BCUT2D eigenvalue weighted by atomic mass is 79.9.